The third kappa shape index (κ3) is 3.32. The van der Waals surface area contributed by atoms with Gasteiger partial charge in [-0.15, -0.1) is 0 Å². The zero-order valence-corrected chi connectivity index (χ0v) is 15.2. The summed E-state index contributed by atoms with van der Waals surface area (Å²) in [6.07, 6.45) is 0.865. The second-order valence-electron chi connectivity index (χ2n) is 7.25. The highest BCUT2D eigenvalue weighted by atomic mass is 16.5. The molecule has 2 heterocycles. The van der Waals surface area contributed by atoms with Crippen molar-refractivity contribution in [2.24, 2.45) is 5.92 Å². The standard InChI is InChI=1S/C22H23NO3/c1-15(2)13-23(14-19-12-16-5-3-4-6-21(16)26-19)22(24)18-7-8-20-17(11-18)9-10-25-20/h3-8,11-12,15H,9-10,13-14H2,1-2H3. The summed E-state index contributed by atoms with van der Waals surface area (Å²) in [4.78, 5) is 15.0. The fourth-order valence-corrected chi connectivity index (χ4v) is 3.47. The molecule has 0 saturated carbocycles. The number of benzene rings is 2. The summed E-state index contributed by atoms with van der Waals surface area (Å²) >= 11 is 0. The first-order valence-electron chi connectivity index (χ1n) is 9.12. The molecule has 4 rings (SSSR count). The van der Waals surface area contributed by atoms with Gasteiger partial charge in [0.15, 0.2) is 0 Å². The van der Waals surface area contributed by atoms with Gasteiger partial charge in [-0.2, -0.15) is 0 Å². The topological polar surface area (TPSA) is 42.7 Å². The fourth-order valence-electron chi connectivity index (χ4n) is 3.47. The second kappa shape index (κ2) is 6.87. The van der Waals surface area contributed by atoms with Crippen LogP contribution in [0.15, 0.2) is 52.9 Å². The van der Waals surface area contributed by atoms with Crippen molar-refractivity contribution in [3.63, 3.8) is 0 Å². The van der Waals surface area contributed by atoms with Gasteiger partial charge < -0.3 is 14.1 Å². The first-order chi connectivity index (χ1) is 12.6. The van der Waals surface area contributed by atoms with E-state index in [1.165, 1.54) is 0 Å². The predicted molar refractivity (Wildman–Crippen MR) is 101 cm³/mol. The van der Waals surface area contributed by atoms with Gasteiger partial charge >= 0.3 is 0 Å². The maximum atomic E-state index is 13.1. The molecular formula is C22H23NO3. The Morgan fingerprint density at radius 3 is 2.81 bits per heavy atom. The molecule has 4 heteroatoms. The summed E-state index contributed by atoms with van der Waals surface area (Å²) in [5.74, 6) is 2.12. The number of furan rings is 1. The lowest BCUT2D eigenvalue weighted by atomic mass is 10.1. The number of carbonyl (C=O) groups excluding carboxylic acids is 1. The van der Waals surface area contributed by atoms with Crippen LogP contribution in [-0.2, 0) is 13.0 Å². The number of hydrogen-bond acceptors (Lipinski definition) is 3. The Morgan fingerprint density at radius 2 is 2.00 bits per heavy atom. The number of rotatable bonds is 5. The Bertz CT molecular complexity index is 908. The number of fused-ring (bicyclic) bond motifs is 2. The lowest BCUT2D eigenvalue weighted by molar-refractivity contribution is 0.0711. The van der Waals surface area contributed by atoms with Gasteiger partial charge in [-0.3, -0.25) is 4.79 Å². The molecule has 0 aliphatic carbocycles. The van der Waals surface area contributed by atoms with Crippen LogP contribution in [0, 0.1) is 5.92 Å². The molecule has 2 aromatic carbocycles. The van der Waals surface area contributed by atoms with Gasteiger partial charge in [-0.1, -0.05) is 32.0 Å². The van der Waals surface area contributed by atoms with Crippen LogP contribution in [0.1, 0.15) is 35.5 Å². The molecule has 1 amide bonds. The van der Waals surface area contributed by atoms with Crippen molar-refractivity contribution in [1.29, 1.82) is 0 Å². The van der Waals surface area contributed by atoms with E-state index < -0.39 is 0 Å². The Morgan fingerprint density at radius 1 is 1.15 bits per heavy atom. The van der Waals surface area contributed by atoms with Crippen LogP contribution < -0.4 is 4.74 Å². The fraction of sp³-hybridized carbons (Fsp3) is 0.318. The maximum absolute atomic E-state index is 13.1. The highest BCUT2D eigenvalue weighted by Gasteiger charge is 2.21. The number of ether oxygens (including phenoxy) is 1. The van der Waals surface area contributed by atoms with Gasteiger partial charge in [0, 0.05) is 23.9 Å². The highest BCUT2D eigenvalue weighted by molar-refractivity contribution is 5.94. The predicted octanol–water partition coefficient (Wildman–Crippen LogP) is 4.67. The zero-order valence-electron chi connectivity index (χ0n) is 15.2. The minimum Gasteiger partial charge on any atom is -0.493 e. The second-order valence-corrected chi connectivity index (χ2v) is 7.25. The van der Waals surface area contributed by atoms with E-state index in [0.29, 0.717) is 31.2 Å². The van der Waals surface area contributed by atoms with E-state index in [4.69, 9.17) is 9.15 Å². The van der Waals surface area contributed by atoms with Crippen molar-refractivity contribution in [2.75, 3.05) is 13.2 Å². The molecular weight excluding hydrogens is 326 g/mol. The largest absolute Gasteiger partial charge is 0.493 e. The smallest absolute Gasteiger partial charge is 0.254 e. The van der Waals surface area contributed by atoms with Crippen LogP contribution in [-0.4, -0.2) is 24.0 Å². The van der Waals surface area contributed by atoms with Crippen LogP contribution >= 0.6 is 0 Å². The zero-order chi connectivity index (χ0) is 18.1. The molecule has 0 fully saturated rings. The van der Waals surface area contributed by atoms with Gasteiger partial charge in [0.2, 0.25) is 0 Å². The van der Waals surface area contributed by atoms with Gasteiger partial charge in [-0.05, 0) is 41.8 Å². The summed E-state index contributed by atoms with van der Waals surface area (Å²) in [6, 6.07) is 15.7. The first-order valence-corrected chi connectivity index (χ1v) is 9.12. The number of hydrogen-bond donors (Lipinski definition) is 0. The number of para-hydroxylation sites is 1. The molecule has 134 valence electrons. The monoisotopic (exact) mass is 349 g/mol. The molecule has 1 aliphatic rings. The third-order valence-electron chi connectivity index (χ3n) is 4.63. The maximum Gasteiger partial charge on any atom is 0.254 e. The van der Waals surface area contributed by atoms with Gasteiger partial charge in [0.05, 0.1) is 13.2 Å². The van der Waals surface area contributed by atoms with E-state index in [0.717, 1.165) is 34.5 Å². The van der Waals surface area contributed by atoms with E-state index >= 15 is 0 Å². The minimum atomic E-state index is 0.0360. The van der Waals surface area contributed by atoms with Crippen molar-refractivity contribution >= 4 is 16.9 Å². The molecule has 26 heavy (non-hydrogen) atoms. The summed E-state index contributed by atoms with van der Waals surface area (Å²) in [7, 11) is 0. The van der Waals surface area contributed by atoms with Crippen molar-refractivity contribution in [2.45, 2.75) is 26.8 Å². The Labute approximate surface area is 153 Å². The molecule has 0 atom stereocenters. The molecule has 0 spiro atoms. The molecule has 1 aliphatic heterocycles. The van der Waals surface area contributed by atoms with E-state index in [9.17, 15) is 4.79 Å². The lowest BCUT2D eigenvalue weighted by Crippen LogP contribution is -2.33. The van der Waals surface area contributed by atoms with Crippen LogP contribution in [0.25, 0.3) is 11.0 Å². The van der Waals surface area contributed by atoms with Gasteiger partial charge in [-0.25, -0.2) is 0 Å². The summed E-state index contributed by atoms with van der Waals surface area (Å²) in [6.45, 7) is 6.09. The summed E-state index contributed by atoms with van der Waals surface area (Å²) < 4.78 is 11.5. The van der Waals surface area contributed by atoms with Crippen LogP contribution in [0.4, 0.5) is 0 Å². The van der Waals surface area contributed by atoms with E-state index in [-0.39, 0.29) is 5.91 Å². The van der Waals surface area contributed by atoms with Crippen molar-refractivity contribution in [3.8, 4) is 5.75 Å². The van der Waals surface area contributed by atoms with Crippen LogP contribution in [0.3, 0.4) is 0 Å². The van der Waals surface area contributed by atoms with Crippen molar-refractivity contribution in [3.05, 3.63) is 65.4 Å². The molecule has 0 N–H and O–H groups in total. The highest BCUT2D eigenvalue weighted by Crippen LogP contribution is 2.27. The number of nitrogens with zero attached hydrogens (tertiary/aromatic N) is 1. The first kappa shape index (κ1) is 16.7. The SMILES string of the molecule is CC(C)CN(Cc1cc2ccccc2o1)C(=O)c1ccc2c(c1)CCO2. The Kier molecular flexibility index (Phi) is 4.41. The van der Waals surface area contributed by atoms with E-state index in [2.05, 4.69) is 13.8 Å². The third-order valence-corrected chi connectivity index (χ3v) is 4.63. The normalized spacial score (nSPS) is 13.0. The lowest BCUT2D eigenvalue weighted by Gasteiger charge is -2.24. The minimum absolute atomic E-state index is 0.0360. The Balaban J connectivity index is 1.60. The van der Waals surface area contributed by atoms with Crippen molar-refractivity contribution in [1.82, 2.24) is 4.90 Å². The average molecular weight is 349 g/mol. The molecule has 0 bridgehead atoms. The number of carbonyl (C=O) groups is 1. The molecule has 0 saturated heterocycles. The van der Waals surface area contributed by atoms with E-state index in [1.807, 2.05) is 53.4 Å². The quantitative estimate of drug-likeness (QED) is 0.672. The Hall–Kier alpha value is -2.75. The molecule has 0 unspecified atom stereocenters. The molecule has 0 radical (unpaired) electrons. The van der Waals surface area contributed by atoms with E-state index in [1.54, 1.807) is 0 Å². The van der Waals surface area contributed by atoms with Crippen LogP contribution in [0.2, 0.25) is 0 Å². The molecule has 1 aromatic heterocycles. The summed E-state index contributed by atoms with van der Waals surface area (Å²) in [5, 5.41) is 1.06. The molecule has 3 aromatic rings. The molecule has 4 nitrogen and oxygen atoms in total. The van der Waals surface area contributed by atoms with Gasteiger partial charge in [0.25, 0.3) is 5.91 Å². The number of amides is 1. The summed E-state index contributed by atoms with van der Waals surface area (Å²) in [5.41, 5.74) is 2.68. The van der Waals surface area contributed by atoms with Crippen LogP contribution in [0.5, 0.6) is 5.75 Å². The van der Waals surface area contributed by atoms with Gasteiger partial charge in [0.1, 0.15) is 17.1 Å². The van der Waals surface area contributed by atoms with Crippen molar-refractivity contribution < 1.29 is 13.9 Å². The average Bonchev–Trinajstić information content (AvgIpc) is 3.25.